The predicted octanol–water partition coefficient (Wildman–Crippen LogP) is 1.32. The molecule has 15 heavy (non-hydrogen) atoms. The summed E-state index contributed by atoms with van der Waals surface area (Å²) in [5, 5.41) is 26.6. The Morgan fingerprint density at radius 2 is 1.93 bits per heavy atom. The average Bonchev–Trinajstić information content (AvgIpc) is 2.15. The topological polar surface area (TPSA) is 77.8 Å². The molecule has 0 spiro atoms. The van der Waals surface area contributed by atoms with E-state index in [1.165, 1.54) is 0 Å². The van der Waals surface area contributed by atoms with Gasteiger partial charge < -0.3 is 15.3 Å². The highest BCUT2D eigenvalue weighted by Gasteiger charge is 2.09. The molecule has 0 rings (SSSR count). The smallest absolute Gasteiger partial charge is 0.327 e. The van der Waals surface area contributed by atoms with Crippen LogP contribution >= 0.6 is 0 Å². The Bertz CT molecular complexity index is 199. The van der Waals surface area contributed by atoms with Crippen LogP contribution in [0.15, 0.2) is 12.2 Å². The molecule has 2 atom stereocenters. The first-order valence-corrected chi connectivity index (χ1v) is 5.29. The van der Waals surface area contributed by atoms with Gasteiger partial charge in [0.15, 0.2) is 0 Å². The second kappa shape index (κ2) is 8.44. The molecule has 0 saturated heterocycles. The zero-order chi connectivity index (χ0) is 11.7. The highest BCUT2D eigenvalue weighted by Crippen LogP contribution is 2.08. The van der Waals surface area contributed by atoms with E-state index in [-0.39, 0.29) is 0 Å². The van der Waals surface area contributed by atoms with Crippen LogP contribution in [-0.2, 0) is 4.79 Å². The van der Waals surface area contributed by atoms with Gasteiger partial charge in [0.2, 0.25) is 0 Å². The second-order valence-corrected chi connectivity index (χ2v) is 3.69. The Morgan fingerprint density at radius 1 is 1.27 bits per heavy atom. The molecule has 2 unspecified atom stereocenters. The van der Waals surface area contributed by atoms with Crippen molar-refractivity contribution in [3.8, 4) is 0 Å². The van der Waals surface area contributed by atoms with Gasteiger partial charge in [-0.1, -0.05) is 18.9 Å². The molecule has 0 aromatic carbocycles. The maximum atomic E-state index is 10.1. The number of carboxylic acid groups (broad SMARTS) is 1. The number of aliphatic hydroxyl groups is 2. The van der Waals surface area contributed by atoms with E-state index in [9.17, 15) is 9.90 Å². The summed E-state index contributed by atoms with van der Waals surface area (Å²) in [6.07, 6.45) is 5.52. The summed E-state index contributed by atoms with van der Waals surface area (Å²) < 4.78 is 0. The molecule has 88 valence electrons. The van der Waals surface area contributed by atoms with Crippen LogP contribution in [0.25, 0.3) is 0 Å². The van der Waals surface area contributed by atoms with Crippen molar-refractivity contribution in [3.05, 3.63) is 12.2 Å². The fourth-order valence-electron chi connectivity index (χ4n) is 1.22. The summed E-state index contributed by atoms with van der Waals surface area (Å²) in [6, 6.07) is 0. The van der Waals surface area contributed by atoms with E-state index in [1.807, 2.05) is 0 Å². The number of aliphatic carboxylic acids is 1. The number of carbonyl (C=O) groups is 1. The van der Waals surface area contributed by atoms with Crippen molar-refractivity contribution in [1.82, 2.24) is 0 Å². The standard InChI is InChI=1S/C11H20O4/c1-9(12)10(13)7-5-3-2-4-6-8-11(14)15/h6,8-10,12-13H,2-5,7H2,1H3,(H,14,15)/b8-6+. The van der Waals surface area contributed by atoms with Crippen LogP contribution in [0.4, 0.5) is 0 Å². The van der Waals surface area contributed by atoms with Gasteiger partial charge in [0, 0.05) is 6.08 Å². The summed E-state index contributed by atoms with van der Waals surface area (Å²) in [5.74, 6) is -0.917. The minimum Gasteiger partial charge on any atom is -0.478 e. The number of unbranched alkanes of at least 4 members (excludes halogenated alkanes) is 3. The molecule has 0 saturated carbocycles. The molecule has 0 aliphatic rings. The Labute approximate surface area is 90.2 Å². The lowest BCUT2D eigenvalue weighted by Crippen LogP contribution is -2.21. The maximum absolute atomic E-state index is 10.1. The lowest BCUT2D eigenvalue weighted by Gasteiger charge is -2.12. The van der Waals surface area contributed by atoms with E-state index < -0.39 is 18.2 Å². The quantitative estimate of drug-likeness (QED) is 0.422. The molecule has 0 heterocycles. The van der Waals surface area contributed by atoms with Crippen LogP contribution in [-0.4, -0.2) is 33.5 Å². The van der Waals surface area contributed by atoms with Gasteiger partial charge in [-0.2, -0.15) is 0 Å². The van der Waals surface area contributed by atoms with E-state index >= 15 is 0 Å². The zero-order valence-corrected chi connectivity index (χ0v) is 9.09. The van der Waals surface area contributed by atoms with Crippen molar-refractivity contribution in [2.24, 2.45) is 0 Å². The Balaban J connectivity index is 3.29. The number of hydrogen-bond acceptors (Lipinski definition) is 3. The van der Waals surface area contributed by atoms with Crippen LogP contribution < -0.4 is 0 Å². The molecule has 0 fully saturated rings. The van der Waals surface area contributed by atoms with E-state index in [2.05, 4.69) is 0 Å². The van der Waals surface area contributed by atoms with Gasteiger partial charge >= 0.3 is 5.97 Å². The van der Waals surface area contributed by atoms with Crippen molar-refractivity contribution >= 4 is 5.97 Å². The van der Waals surface area contributed by atoms with Crippen molar-refractivity contribution in [2.45, 2.75) is 51.2 Å². The van der Waals surface area contributed by atoms with Gasteiger partial charge in [0.05, 0.1) is 12.2 Å². The normalized spacial score (nSPS) is 15.4. The van der Waals surface area contributed by atoms with E-state index in [4.69, 9.17) is 10.2 Å². The zero-order valence-electron chi connectivity index (χ0n) is 9.09. The monoisotopic (exact) mass is 216 g/mol. The van der Waals surface area contributed by atoms with Gasteiger partial charge in [0.25, 0.3) is 0 Å². The third kappa shape index (κ3) is 9.43. The van der Waals surface area contributed by atoms with Gasteiger partial charge in [-0.15, -0.1) is 0 Å². The predicted molar refractivity (Wildman–Crippen MR) is 57.5 cm³/mol. The molecule has 0 radical (unpaired) electrons. The highest BCUT2D eigenvalue weighted by atomic mass is 16.4. The number of aliphatic hydroxyl groups excluding tert-OH is 2. The SMILES string of the molecule is CC(O)C(O)CCCCC/C=C/C(=O)O. The third-order valence-corrected chi connectivity index (χ3v) is 2.19. The molecule has 4 nitrogen and oxygen atoms in total. The molecule has 0 aromatic rings. The average molecular weight is 216 g/mol. The molecule has 4 heteroatoms. The van der Waals surface area contributed by atoms with Gasteiger partial charge in [0.1, 0.15) is 0 Å². The fourth-order valence-corrected chi connectivity index (χ4v) is 1.22. The van der Waals surface area contributed by atoms with E-state index in [1.54, 1.807) is 13.0 Å². The van der Waals surface area contributed by atoms with Crippen LogP contribution in [0.1, 0.15) is 39.0 Å². The number of hydrogen-bond donors (Lipinski definition) is 3. The molecular weight excluding hydrogens is 196 g/mol. The Morgan fingerprint density at radius 3 is 2.47 bits per heavy atom. The summed E-state index contributed by atoms with van der Waals surface area (Å²) >= 11 is 0. The largest absolute Gasteiger partial charge is 0.478 e. The Hall–Kier alpha value is -0.870. The molecule has 0 bridgehead atoms. The van der Waals surface area contributed by atoms with Crippen molar-refractivity contribution in [1.29, 1.82) is 0 Å². The first-order chi connectivity index (χ1) is 7.04. The first kappa shape index (κ1) is 14.1. The fraction of sp³-hybridized carbons (Fsp3) is 0.727. The summed E-state index contributed by atoms with van der Waals surface area (Å²) in [5.41, 5.74) is 0. The summed E-state index contributed by atoms with van der Waals surface area (Å²) in [6.45, 7) is 1.57. The molecule has 0 aliphatic heterocycles. The Kier molecular flexibility index (Phi) is 7.95. The summed E-state index contributed by atoms with van der Waals surface area (Å²) in [7, 11) is 0. The van der Waals surface area contributed by atoms with Crippen molar-refractivity contribution in [2.75, 3.05) is 0 Å². The lowest BCUT2D eigenvalue weighted by molar-refractivity contribution is -0.131. The summed E-state index contributed by atoms with van der Waals surface area (Å²) in [4.78, 5) is 10.1. The molecular formula is C11H20O4. The van der Waals surface area contributed by atoms with Crippen LogP contribution in [0.2, 0.25) is 0 Å². The second-order valence-electron chi connectivity index (χ2n) is 3.69. The van der Waals surface area contributed by atoms with Crippen molar-refractivity contribution < 1.29 is 20.1 Å². The molecule has 0 aliphatic carbocycles. The van der Waals surface area contributed by atoms with E-state index in [0.29, 0.717) is 6.42 Å². The molecule has 0 aromatic heterocycles. The van der Waals surface area contributed by atoms with Crippen molar-refractivity contribution in [3.63, 3.8) is 0 Å². The number of carboxylic acids is 1. The van der Waals surface area contributed by atoms with Crippen LogP contribution in [0.3, 0.4) is 0 Å². The van der Waals surface area contributed by atoms with Crippen LogP contribution in [0, 0.1) is 0 Å². The number of allylic oxidation sites excluding steroid dienone is 1. The third-order valence-electron chi connectivity index (χ3n) is 2.19. The van der Waals surface area contributed by atoms with Gasteiger partial charge in [-0.3, -0.25) is 0 Å². The highest BCUT2D eigenvalue weighted by molar-refractivity contribution is 5.79. The number of rotatable bonds is 8. The van der Waals surface area contributed by atoms with Crippen LogP contribution in [0.5, 0.6) is 0 Å². The minimum absolute atomic E-state index is 0.598. The maximum Gasteiger partial charge on any atom is 0.327 e. The molecule has 0 amide bonds. The minimum atomic E-state index is -0.917. The molecule has 3 N–H and O–H groups in total. The lowest BCUT2D eigenvalue weighted by atomic mass is 10.1. The van der Waals surface area contributed by atoms with Gasteiger partial charge in [-0.05, 0) is 26.2 Å². The first-order valence-electron chi connectivity index (χ1n) is 5.29. The van der Waals surface area contributed by atoms with E-state index in [0.717, 1.165) is 31.8 Å². The van der Waals surface area contributed by atoms with Gasteiger partial charge in [-0.25, -0.2) is 4.79 Å².